The number of carbonyl (C=O) groups excluding carboxylic acids is 1. The summed E-state index contributed by atoms with van der Waals surface area (Å²) in [6.07, 6.45) is 0.383. The molecular formula is C23H20FN3O3S. The summed E-state index contributed by atoms with van der Waals surface area (Å²) in [5.74, 6) is -1.36. The fourth-order valence-electron chi connectivity index (χ4n) is 4.63. The molecule has 1 aromatic heterocycles. The van der Waals surface area contributed by atoms with Crippen LogP contribution in [0.5, 0.6) is 0 Å². The number of benzene rings is 2. The normalized spacial score (nSPS) is 17.9. The van der Waals surface area contributed by atoms with Gasteiger partial charge in [-0.25, -0.2) is 4.39 Å². The third-order valence-electron chi connectivity index (χ3n) is 6.12. The van der Waals surface area contributed by atoms with Gasteiger partial charge in [-0.15, -0.1) is 0 Å². The first-order chi connectivity index (χ1) is 14.9. The minimum absolute atomic E-state index is 0.0839. The summed E-state index contributed by atoms with van der Waals surface area (Å²) in [7, 11) is 0. The number of aromatic nitrogens is 1. The Hall–Kier alpha value is -3.26. The molecule has 0 bridgehead atoms. The molecule has 2 aromatic carbocycles. The molecule has 1 amide bonds. The number of hydrogen-bond donors (Lipinski definition) is 1. The molecule has 158 valence electrons. The summed E-state index contributed by atoms with van der Waals surface area (Å²) in [4.78, 5) is 27.3. The fraction of sp³-hybridized carbons (Fsp3) is 0.261. The molecule has 0 radical (unpaired) electrons. The van der Waals surface area contributed by atoms with Gasteiger partial charge in [0.25, 0.3) is 5.91 Å². The second-order valence-corrected chi connectivity index (χ2v) is 8.28. The summed E-state index contributed by atoms with van der Waals surface area (Å²) >= 11 is 5.55. The second kappa shape index (κ2) is 7.46. The summed E-state index contributed by atoms with van der Waals surface area (Å²) < 4.78 is 15.6. The summed E-state index contributed by atoms with van der Waals surface area (Å²) in [5.41, 5.74) is 4.25. The molecule has 1 unspecified atom stereocenters. The molecule has 0 saturated carbocycles. The highest BCUT2D eigenvalue weighted by Crippen LogP contribution is 2.37. The molecule has 31 heavy (non-hydrogen) atoms. The third-order valence-corrected chi connectivity index (χ3v) is 6.57. The number of carbonyl (C=O) groups is 2. The molecule has 8 heteroatoms. The van der Waals surface area contributed by atoms with Crippen molar-refractivity contribution in [3.05, 3.63) is 71.2 Å². The second-order valence-electron chi connectivity index (χ2n) is 7.92. The smallest absolute Gasteiger partial charge is 0.305 e. The van der Waals surface area contributed by atoms with Crippen molar-refractivity contribution in [1.29, 1.82) is 0 Å². The van der Waals surface area contributed by atoms with Crippen LogP contribution in [0.4, 0.5) is 4.39 Å². The van der Waals surface area contributed by atoms with Gasteiger partial charge in [0.1, 0.15) is 11.9 Å². The molecule has 2 aliphatic rings. The van der Waals surface area contributed by atoms with E-state index in [-0.39, 0.29) is 24.7 Å². The Bertz CT molecular complexity index is 1220. The molecule has 5 rings (SSSR count). The maximum absolute atomic E-state index is 13.4. The van der Waals surface area contributed by atoms with Crippen molar-refractivity contribution < 1.29 is 19.1 Å². The first-order valence-corrected chi connectivity index (χ1v) is 10.5. The van der Waals surface area contributed by atoms with E-state index in [2.05, 4.69) is 16.7 Å². The van der Waals surface area contributed by atoms with Gasteiger partial charge in [-0.2, -0.15) is 0 Å². The highest BCUT2D eigenvalue weighted by molar-refractivity contribution is 7.80. The minimum Gasteiger partial charge on any atom is -0.481 e. The zero-order chi connectivity index (χ0) is 21.7. The molecular weight excluding hydrogens is 417 g/mol. The van der Waals surface area contributed by atoms with Crippen molar-refractivity contribution in [2.75, 3.05) is 6.54 Å². The number of rotatable bonds is 5. The number of carboxylic acid groups (broad SMARTS) is 1. The summed E-state index contributed by atoms with van der Waals surface area (Å²) in [5, 5.41) is 10.5. The lowest BCUT2D eigenvalue weighted by atomic mass is 9.97. The molecule has 1 saturated heterocycles. The van der Waals surface area contributed by atoms with Crippen LogP contribution in [-0.4, -0.2) is 49.0 Å². The Balaban J connectivity index is 1.53. The maximum Gasteiger partial charge on any atom is 0.305 e. The molecule has 0 aliphatic carbocycles. The number of aliphatic carboxylic acids is 1. The molecule has 0 spiro atoms. The van der Waals surface area contributed by atoms with Gasteiger partial charge in [0, 0.05) is 36.1 Å². The first kappa shape index (κ1) is 19.7. The van der Waals surface area contributed by atoms with E-state index in [0.717, 1.165) is 27.7 Å². The highest BCUT2D eigenvalue weighted by Gasteiger charge is 2.46. The molecule has 3 heterocycles. The number of halogens is 1. The predicted octanol–water partition coefficient (Wildman–Crippen LogP) is 3.16. The lowest BCUT2D eigenvalue weighted by molar-refractivity contribution is -0.137. The van der Waals surface area contributed by atoms with E-state index in [1.807, 2.05) is 17.0 Å². The van der Waals surface area contributed by atoms with Crippen molar-refractivity contribution in [1.82, 2.24) is 14.4 Å². The van der Waals surface area contributed by atoms with Crippen LogP contribution < -0.4 is 0 Å². The van der Waals surface area contributed by atoms with Gasteiger partial charge in [0.15, 0.2) is 5.11 Å². The van der Waals surface area contributed by atoms with Crippen LogP contribution in [0.1, 0.15) is 23.2 Å². The van der Waals surface area contributed by atoms with Gasteiger partial charge in [0.2, 0.25) is 0 Å². The van der Waals surface area contributed by atoms with Crippen molar-refractivity contribution in [3.8, 4) is 0 Å². The highest BCUT2D eigenvalue weighted by atomic mass is 32.1. The van der Waals surface area contributed by atoms with Gasteiger partial charge < -0.3 is 14.6 Å². The molecule has 3 aromatic rings. The molecule has 2 aliphatic heterocycles. The zero-order valence-corrected chi connectivity index (χ0v) is 17.4. The van der Waals surface area contributed by atoms with Crippen molar-refractivity contribution in [2.24, 2.45) is 0 Å². The number of hydrogen-bond acceptors (Lipinski definition) is 3. The van der Waals surface area contributed by atoms with Crippen LogP contribution in [0.2, 0.25) is 0 Å². The van der Waals surface area contributed by atoms with Crippen molar-refractivity contribution in [2.45, 2.75) is 32.0 Å². The number of fused-ring (bicyclic) bond motifs is 4. The van der Waals surface area contributed by atoms with Crippen LogP contribution in [0.15, 0.2) is 48.5 Å². The zero-order valence-electron chi connectivity index (χ0n) is 16.6. The van der Waals surface area contributed by atoms with E-state index in [0.29, 0.717) is 24.6 Å². The van der Waals surface area contributed by atoms with Crippen molar-refractivity contribution >= 4 is 40.1 Å². The Morgan fingerprint density at radius 1 is 1.16 bits per heavy atom. The standard InChI is InChI=1S/C23H20FN3O3S/c24-15-7-5-14(6-8-15)12-26-18-4-2-1-3-16(18)17-11-19-22(30)25(10-9-21(28)29)23(31)27(19)13-20(17)26/h1-8,19H,9-13H2,(H,28,29). The number of para-hydroxylation sites is 1. The Morgan fingerprint density at radius 2 is 1.90 bits per heavy atom. The Kier molecular flexibility index (Phi) is 4.74. The van der Waals surface area contributed by atoms with E-state index in [1.54, 1.807) is 12.1 Å². The third kappa shape index (κ3) is 3.27. The van der Waals surface area contributed by atoms with E-state index in [9.17, 15) is 14.0 Å². The first-order valence-electron chi connectivity index (χ1n) is 10.1. The van der Waals surface area contributed by atoms with Crippen molar-refractivity contribution in [3.63, 3.8) is 0 Å². The van der Waals surface area contributed by atoms with Crippen LogP contribution in [0, 0.1) is 5.82 Å². The average molecular weight is 437 g/mol. The van der Waals surface area contributed by atoms with Crippen LogP contribution >= 0.6 is 12.2 Å². The van der Waals surface area contributed by atoms with Crippen LogP contribution in [0.25, 0.3) is 10.9 Å². The van der Waals surface area contributed by atoms with E-state index < -0.39 is 12.0 Å². The molecule has 6 nitrogen and oxygen atoms in total. The average Bonchev–Trinajstić information content (AvgIpc) is 3.19. The summed E-state index contributed by atoms with van der Waals surface area (Å²) in [6, 6.07) is 14.2. The molecule has 1 N–H and O–H groups in total. The van der Waals surface area contributed by atoms with E-state index >= 15 is 0 Å². The Morgan fingerprint density at radius 3 is 2.65 bits per heavy atom. The molecule has 1 fully saturated rings. The monoisotopic (exact) mass is 437 g/mol. The maximum atomic E-state index is 13.4. The largest absolute Gasteiger partial charge is 0.481 e. The van der Waals surface area contributed by atoms with Gasteiger partial charge in [-0.1, -0.05) is 30.3 Å². The number of carboxylic acids is 1. The lowest BCUT2D eigenvalue weighted by Crippen LogP contribution is -2.40. The lowest BCUT2D eigenvalue weighted by Gasteiger charge is -2.30. The fourth-order valence-corrected chi connectivity index (χ4v) is 5.00. The van der Waals surface area contributed by atoms with Crippen LogP contribution in [0.3, 0.4) is 0 Å². The Labute approximate surface area is 183 Å². The predicted molar refractivity (Wildman–Crippen MR) is 117 cm³/mol. The number of nitrogens with zero attached hydrogens (tertiary/aromatic N) is 3. The quantitative estimate of drug-likeness (QED) is 0.622. The summed E-state index contributed by atoms with van der Waals surface area (Å²) in [6.45, 7) is 1.14. The molecule has 1 atom stereocenters. The minimum atomic E-state index is -0.958. The van der Waals surface area contributed by atoms with Crippen LogP contribution in [-0.2, 0) is 29.1 Å². The van der Waals surface area contributed by atoms with Gasteiger partial charge in [0.05, 0.1) is 13.0 Å². The van der Waals surface area contributed by atoms with Gasteiger partial charge >= 0.3 is 5.97 Å². The van der Waals surface area contributed by atoms with E-state index in [1.165, 1.54) is 17.0 Å². The van der Waals surface area contributed by atoms with E-state index in [4.69, 9.17) is 17.3 Å². The SMILES string of the molecule is O=C(O)CCN1C(=O)C2Cc3c(n(Cc4ccc(F)cc4)c4ccccc34)CN2C1=S. The topological polar surface area (TPSA) is 65.8 Å². The van der Waals surface area contributed by atoms with Gasteiger partial charge in [-0.3, -0.25) is 14.5 Å². The number of thiocarbonyl (C=S) groups is 1. The number of amides is 1. The van der Waals surface area contributed by atoms with Gasteiger partial charge in [-0.05, 0) is 41.5 Å².